The highest BCUT2D eigenvalue weighted by Gasteiger charge is 2.15. The maximum atomic E-state index is 12.8. The van der Waals surface area contributed by atoms with Gasteiger partial charge in [0, 0.05) is 21.3 Å². The van der Waals surface area contributed by atoms with Crippen LogP contribution in [-0.4, -0.2) is 13.0 Å². The van der Waals surface area contributed by atoms with E-state index in [0.717, 1.165) is 11.1 Å². The van der Waals surface area contributed by atoms with Crippen LogP contribution in [0.4, 0.5) is 5.69 Å². The second kappa shape index (κ2) is 13.8. The molecule has 202 valence electrons. The number of nitrogens with zero attached hydrogens (tertiary/aromatic N) is 1. The van der Waals surface area contributed by atoms with E-state index in [1.165, 1.54) is 13.2 Å². The second-order valence-electron chi connectivity index (χ2n) is 8.48. The van der Waals surface area contributed by atoms with Gasteiger partial charge in [0.15, 0.2) is 11.5 Å². The standard InChI is InChI=1S/C31H23Cl3N2O4/c1-38-29-15-21(14-28(34)30(29)40-18-20-5-3-2-4-6-20)13-23(17-35)31(37)36-25-9-11-26(12-10-25)39-19-22-7-8-24(32)16-27(22)33/h2-16H,18-19H2,1H3,(H,36,37)/b23-13+. The molecule has 0 saturated heterocycles. The Balaban J connectivity index is 1.41. The smallest absolute Gasteiger partial charge is 0.266 e. The fourth-order valence-electron chi connectivity index (χ4n) is 3.64. The summed E-state index contributed by atoms with van der Waals surface area (Å²) in [5.74, 6) is 0.747. The lowest BCUT2D eigenvalue weighted by Gasteiger charge is -2.13. The van der Waals surface area contributed by atoms with Crippen molar-refractivity contribution in [2.75, 3.05) is 12.4 Å². The lowest BCUT2D eigenvalue weighted by atomic mass is 10.1. The third kappa shape index (κ3) is 7.71. The molecule has 0 spiro atoms. The Bertz CT molecular complexity index is 1570. The van der Waals surface area contributed by atoms with Crippen molar-refractivity contribution >= 4 is 52.5 Å². The predicted molar refractivity (Wildman–Crippen MR) is 158 cm³/mol. The first-order chi connectivity index (χ1) is 19.4. The Morgan fingerprint density at radius 3 is 2.33 bits per heavy atom. The van der Waals surface area contributed by atoms with Crippen molar-refractivity contribution in [3.05, 3.63) is 122 Å². The fraction of sp³-hybridized carbons (Fsp3) is 0.0968. The topological polar surface area (TPSA) is 80.6 Å². The van der Waals surface area contributed by atoms with Gasteiger partial charge in [-0.25, -0.2) is 0 Å². The molecule has 1 amide bonds. The van der Waals surface area contributed by atoms with E-state index in [1.807, 2.05) is 36.4 Å². The largest absolute Gasteiger partial charge is 0.493 e. The Morgan fingerprint density at radius 2 is 1.65 bits per heavy atom. The van der Waals surface area contributed by atoms with Gasteiger partial charge in [0.2, 0.25) is 0 Å². The number of carbonyl (C=O) groups excluding carboxylic acids is 1. The van der Waals surface area contributed by atoms with Crippen molar-refractivity contribution in [3.63, 3.8) is 0 Å². The lowest BCUT2D eigenvalue weighted by Crippen LogP contribution is -2.13. The molecule has 0 fully saturated rings. The van der Waals surface area contributed by atoms with Gasteiger partial charge >= 0.3 is 0 Å². The maximum absolute atomic E-state index is 12.8. The van der Waals surface area contributed by atoms with E-state index in [4.69, 9.17) is 49.0 Å². The number of nitriles is 1. The zero-order valence-corrected chi connectivity index (χ0v) is 23.6. The first-order valence-electron chi connectivity index (χ1n) is 12.0. The molecule has 0 saturated carbocycles. The van der Waals surface area contributed by atoms with E-state index < -0.39 is 5.91 Å². The van der Waals surface area contributed by atoms with E-state index in [9.17, 15) is 10.1 Å². The van der Waals surface area contributed by atoms with Crippen LogP contribution in [0.15, 0.2) is 90.5 Å². The number of anilines is 1. The number of amides is 1. The molecule has 0 atom stereocenters. The van der Waals surface area contributed by atoms with Gasteiger partial charge in [0.1, 0.15) is 30.6 Å². The first kappa shape index (κ1) is 28.8. The summed E-state index contributed by atoms with van der Waals surface area (Å²) in [5, 5.41) is 13.7. The Kier molecular flexibility index (Phi) is 9.93. The summed E-state index contributed by atoms with van der Waals surface area (Å²) in [4.78, 5) is 12.8. The average molecular weight is 594 g/mol. The molecule has 0 heterocycles. The highest BCUT2D eigenvalue weighted by Crippen LogP contribution is 2.37. The number of rotatable bonds is 10. The molecule has 6 nitrogen and oxygen atoms in total. The quantitative estimate of drug-likeness (QED) is 0.148. The number of hydrogen-bond donors (Lipinski definition) is 1. The first-order valence-corrected chi connectivity index (χ1v) is 13.1. The summed E-state index contributed by atoms with van der Waals surface area (Å²) in [6.45, 7) is 0.557. The molecule has 4 rings (SSSR count). The number of nitrogens with one attached hydrogen (secondary N) is 1. The summed E-state index contributed by atoms with van der Waals surface area (Å²) in [6, 6.07) is 26.8. The molecule has 0 radical (unpaired) electrons. The zero-order valence-electron chi connectivity index (χ0n) is 21.3. The van der Waals surface area contributed by atoms with Gasteiger partial charge in [0.05, 0.1) is 12.1 Å². The Labute approximate surface area is 247 Å². The van der Waals surface area contributed by atoms with Crippen molar-refractivity contribution < 1.29 is 19.0 Å². The lowest BCUT2D eigenvalue weighted by molar-refractivity contribution is -0.112. The van der Waals surface area contributed by atoms with Crippen LogP contribution in [0, 0.1) is 11.3 Å². The molecule has 1 N–H and O–H groups in total. The van der Waals surface area contributed by atoms with Crippen LogP contribution in [0.2, 0.25) is 15.1 Å². The van der Waals surface area contributed by atoms with Crippen LogP contribution >= 0.6 is 34.8 Å². The minimum Gasteiger partial charge on any atom is -0.493 e. The van der Waals surface area contributed by atoms with Gasteiger partial charge in [-0.15, -0.1) is 0 Å². The van der Waals surface area contributed by atoms with Crippen molar-refractivity contribution in [2.45, 2.75) is 13.2 Å². The molecule has 0 aromatic heterocycles. The van der Waals surface area contributed by atoms with Gasteiger partial charge in [-0.1, -0.05) is 71.2 Å². The van der Waals surface area contributed by atoms with Gasteiger partial charge in [-0.2, -0.15) is 5.26 Å². The Morgan fingerprint density at radius 1 is 0.900 bits per heavy atom. The highest BCUT2D eigenvalue weighted by molar-refractivity contribution is 6.35. The fourth-order valence-corrected chi connectivity index (χ4v) is 4.38. The summed E-state index contributed by atoms with van der Waals surface area (Å²) >= 11 is 18.6. The SMILES string of the molecule is COc1cc(/C=C(\C#N)C(=O)Nc2ccc(OCc3ccc(Cl)cc3Cl)cc2)cc(Cl)c1OCc1ccccc1. The van der Waals surface area contributed by atoms with E-state index in [2.05, 4.69) is 5.32 Å². The molecule has 0 aliphatic carbocycles. The van der Waals surface area contributed by atoms with Crippen LogP contribution in [0.25, 0.3) is 6.08 Å². The molecule has 0 bridgehead atoms. The van der Waals surface area contributed by atoms with E-state index in [-0.39, 0.29) is 17.2 Å². The van der Waals surface area contributed by atoms with Crippen LogP contribution in [-0.2, 0) is 18.0 Å². The number of benzene rings is 4. The van der Waals surface area contributed by atoms with Crippen molar-refractivity contribution in [1.29, 1.82) is 5.26 Å². The van der Waals surface area contributed by atoms with Crippen molar-refractivity contribution in [1.82, 2.24) is 0 Å². The van der Waals surface area contributed by atoms with Crippen LogP contribution in [0.5, 0.6) is 17.2 Å². The number of methoxy groups -OCH3 is 1. The number of carbonyl (C=O) groups is 1. The second-order valence-corrected chi connectivity index (χ2v) is 9.73. The van der Waals surface area contributed by atoms with Gasteiger partial charge < -0.3 is 19.5 Å². The van der Waals surface area contributed by atoms with Crippen LogP contribution in [0.3, 0.4) is 0 Å². The summed E-state index contributed by atoms with van der Waals surface area (Å²) in [6.07, 6.45) is 1.43. The highest BCUT2D eigenvalue weighted by atomic mass is 35.5. The molecule has 0 aliphatic heterocycles. The van der Waals surface area contributed by atoms with Gasteiger partial charge in [-0.05, 0) is 65.7 Å². The van der Waals surface area contributed by atoms with Crippen LogP contribution in [0.1, 0.15) is 16.7 Å². The third-order valence-electron chi connectivity index (χ3n) is 5.68. The minimum absolute atomic E-state index is 0.117. The minimum atomic E-state index is -0.580. The molecule has 0 aliphatic rings. The average Bonchev–Trinajstić information content (AvgIpc) is 2.96. The van der Waals surface area contributed by atoms with Crippen LogP contribution < -0.4 is 19.5 Å². The number of ether oxygens (including phenoxy) is 3. The Hall–Kier alpha value is -4.15. The molecule has 0 unspecified atom stereocenters. The molecule has 4 aromatic rings. The molecule has 9 heteroatoms. The zero-order chi connectivity index (χ0) is 28.5. The monoisotopic (exact) mass is 592 g/mol. The predicted octanol–water partition coefficient (Wildman–Crippen LogP) is 8.36. The molecule has 4 aromatic carbocycles. The van der Waals surface area contributed by atoms with E-state index in [1.54, 1.807) is 54.6 Å². The molecular weight excluding hydrogens is 571 g/mol. The van der Waals surface area contributed by atoms with Gasteiger partial charge in [-0.3, -0.25) is 4.79 Å². The molecular formula is C31H23Cl3N2O4. The van der Waals surface area contributed by atoms with Crippen molar-refractivity contribution in [2.24, 2.45) is 0 Å². The van der Waals surface area contributed by atoms with Crippen molar-refractivity contribution in [3.8, 4) is 23.3 Å². The van der Waals surface area contributed by atoms with E-state index in [0.29, 0.717) is 45.2 Å². The number of hydrogen-bond acceptors (Lipinski definition) is 5. The summed E-state index contributed by atoms with van der Waals surface area (Å²) in [7, 11) is 1.49. The normalized spacial score (nSPS) is 10.9. The summed E-state index contributed by atoms with van der Waals surface area (Å²) < 4.78 is 17.1. The third-order valence-corrected chi connectivity index (χ3v) is 6.54. The summed E-state index contributed by atoms with van der Waals surface area (Å²) in [5.41, 5.74) is 2.64. The van der Waals surface area contributed by atoms with E-state index >= 15 is 0 Å². The van der Waals surface area contributed by atoms with Gasteiger partial charge in [0.25, 0.3) is 5.91 Å². The molecule has 40 heavy (non-hydrogen) atoms. The number of halogens is 3. The maximum Gasteiger partial charge on any atom is 0.266 e.